The van der Waals surface area contributed by atoms with Gasteiger partial charge in [-0.1, -0.05) is 41.9 Å². The number of halogens is 2. The molecule has 0 aliphatic carbocycles. The van der Waals surface area contributed by atoms with Crippen LogP contribution in [0, 0.1) is 6.92 Å². The van der Waals surface area contributed by atoms with Crippen LogP contribution in [0.4, 0.5) is 5.69 Å². The van der Waals surface area contributed by atoms with E-state index in [1.807, 2.05) is 43.3 Å². The van der Waals surface area contributed by atoms with Crippen LogP contribution in [0.1, 0.15) is 27.6 Å². The Morgan fingerprint density at radius 1 is 1.24 bits per heavy atom. The largest absolute Gasteiger partial charge is 0.315 e. The zero-order valence-electron chi connectivity index (χ0n) is 11.9. The fraction of sp³-hybridized carbons (Fsp3) is 0.235. The Hall–Kier alpha value is -1.51. The number of alkyl halides is 1. The Labute approximate surface area is 134 Å². The maximum atomic E-state index is 11.8. The average molecular weight is 320 g/mol. The highest BCUT2D eigenvalue weighted by atomic mass is 35.5. The number of likely N-dealkylation sites (N-methyl/N-ethyl adjacent to an activating group) is 1. The normalized spacial score (nSPS) is 15.2. The van der Waals surface area contributed by atoms with Crippen molar-refractivity contribution in [2.75, 3.05) is 11.9 Å². The van der Waals surface area contributed by atoms with E-state index < -0.39 is 0 Å². The summed E-state index contributed by atoms with van der Waals surface area (Å²) in [5, 5.41) is 0.384. The van der Waals surface area contributed by atoms with Gasteiger partial charge in [0.15, 0.2) is 0 Å². The molecule has 0 N–H and O–H groups in total. The minimum absolute atomic E-state index is 0.113. The van der Waals surface area contributed by atoms with E-state index in [1.165, 1.54) is 0 Å². The summed E-state index contributed by atoms with van der Waals surface area (Å²) in [5.74, 6) is 0.113. The number of hydrogen-bond donors (Lipinski definition) is 0. The maximum absolute atomic E-state index is 11.8. The highest BCUT2D eigenvalue weighted by Gasteiger charge is 2.25. The molecule has 1 amide bonds. The van der Waals surface area contributed by atoms with Crippen molar-refractivity contribution in [1.29, 1.82) is 0 Å². The molecule has 0 aromatic heterocycles. The third-order valence-corrected chi connectivity index (χ3v) is 4.97. The first-order chi connectivity index (χ1) is 9.99. The van der Waals surface area contributed by atoms with Gasteiger partial charge in [-0.05, 0) is 35.2 Å². The molecule has 1 aliphatic heterocycles. The number of fused-ring (bicyclic) bond motifs is 1. The second kappa shape index (κ2) is 5.36. The summed E-state index contributed by atoms with van der Waals surface area (Å²) in [5.41, 5.74) is 4.86. The Kier molecular flexibility index (Phi) is 3.68. The third-order valence-electron chi connectivity index (χ3n) is 3.97. The molecule has 21 heavy (non-hydrogen) atoms. The van der Waals surface area contributed by atoms with Crippen molar-refractivity contribution in [2.45, 2.75) is 18.7 Å². The van der Waals surface area contributed by atoms with Gasteiger partial charge in [0.05, 0.1) is 11.8 Å². The molecule has 0 saturated heterocycles. The molecule has 1 aliphatic rings. The zero-order valence-corrected chi connectivity index (χ0v) is 13.4. The smallest absolute Gasteiger partial charge is 0.231 e. The maximum Gasteiger partial charge on any atom is 0.231 e. The third kappa shape index (κ3) is 2.43. The number of nitrogens with zero attached hydrogens (tertiary/aromatic N) is 1. The van der Waals surface area contributed by atoms with Crippen LogP contribution in [0.5, 0.6) is 0 Å². The van der Waals surface area contributed by atoms with Gasteiger partial charge < -0.3 is 4.90 Å². The summed E-state index contributed by atoms with van der Waals surface area (Å²) in [7, 11) is 1.80. The summed E-state index contributed by atoms with van der Waals surface area (Å²) in [6.07, 6.45) is 0.435. The lowest BCUT2D eigenvalue weighted by atomic mass is 9.99. The van der Waals surface area contributed by atoms with E-state index in [0.29, 0.717) is 11.4 Å². The topological polar surface area (TPSA) is 20.3 Å². The Morgan fingerprint density at radius 3 is 2.76 bits per heavy atom. The molecule has 0 bridgehead atoms. The SMILES string of the molecule is Cc1cccc(C(Cl)c2ccc3c(c2)CC(=O)N3C)c1Cl. The van der Waals surface area contributed by atoms with Crippen LogP contribution in [0.15, 0.2) is 36.4 Å². The molecule has 108 valence electrons. The molecule has 0 spiro atoms. The van der Waals surface area contributed by atoms with Crippen molar-refractivity contribution in [3.8, 4) is 0 Å². The Bertz CT molecular complexity index is 727. The van der Waals surface area contributed by atoms with E-state index in [0.717, 1.165) is 27.9 Å². The van der Waals surface area contributed by atoms with Gasteiger partial charge in [-0.2, -0.15) is 0 Å². The molecular weight excluding hydrogens is 305 g/mol. The number of carbonyl (C=O) groups excluding carboxylic acids is 1. The summed E-state index contributed by atoms with van der Waals surface area (Å²) in [6.45, 7) is 1.96. The number of aryl methyl sites for hydroxylation is 1. The molecule has 1 heterocycles. The summed E-state index contributed by atoms with van der Waals surface area (Å²) < 4.78 is 0. The zero-order chi connectivity index (χ0) is 15.1. The first-order valence-electron chi connectivity index (χ1n) is 6.77. The number of carbonyl (C=O) groups is 1. The Morgan fingerprint density at radius 2 is 2.00 bits per heavy atom. The van der Waals surface area contributed by atoms with Crippen molar-refractivity contribution in [2.24, 2.45) is 0 Å². The van der Waals surface area contributed by atoms with Gasteiger partial charge >= 0.3 is 0 Å². The van der Waals surface area contributed by atoms with E-state index in [9.17, 15) is 4.79 Å². The average Bonchev–Trinajstić information content (AvgIpc) is 2.76. The summed E-state index contributed by atoms with van der Waals surface area (Å²) in [6, 6.07) is 11.8. The van der Waals surface area contributed by atoms with Gasteiger partial charge in [0, 0.05) is 17.8 Å². The monoisotopic (exact) mass is 319 g/mol. The first-order valence-corrected chi connectivity index (χ1v) is 7.59. The second-order valence-corrected chi connectivity index (χ2v) is 6.17. The number of rotatable bonds is 2. The van der Waals surface area contributed by atoms with Gasteiger partial charge in [0.1, 0.15) is 0 Å². The molecule has 4 heteroatoms. The summed E-state index contributed by atoms with van der Waals surface area (Å²) >= 11 is 13.0. The van der Waals surface area contributed by atoms with Gasteiger partial charge in [-0.15, -0.1) is 11.6 Å². The van der Waals surface area contributed by atoms with E-state index in [4.69, 9.17) is 23.2 Å². The lowest BCUT2D eigenvalue weighted by molar-refractivity contribution is -0.117. The highest BCUT2D eigenvalue weighted by molar-refractivity contribution is 6.33. The number of amides is 1. The van der Waals surface area contributed by atoms with Crippen LogP contribution in [0.3, 0.4) is 0 Å². The second-order valence-electron chi connectivity index (χ2n) is 5.36. The summed E-state index contributed by atoms with van der Waals surface area (Å²) in [4.78, 5) is 13.4. The Balaban J connectivity index is 2.00. The van der Waals surface area contributed by atoms with Gasteiger partial charge in [-0.3, -0.25) is 4.79 Å². The lowest BCUT2D eigenvalue weighted by Gasteiger charge is -2.15. The minimum atomic E-state index is -0.316. The van der Waals surface area contributed by atoms with Gasteiger partial charge in [0.2, 0.25) is 5.91 Å². The van der Waals surface area contributed by atoms with Crippen molar-refractivity contribution >= 4 is 34.8 Å². The lowest BCUT2D eigenvalue weighted by Crippen LogP contribution is -2.20. The van der Waals surface area contributed by atoms with Crippen LogP contribution in [-0.4, -0.2) is 13.0 Å². The fourth-order valence-electron chi connectivity index (χ4n) is 2.69. The molecule has 2 nitrogen and oxygen atoms in total. The molecule has 0 fully saturated rings. The van der Waals surface area contributed by atoms with Crippen molar-refractivity contribution in [3.63, 3.8) is 0 Å². The standard InChI is InChI=1S/C17H15Cl2NO/c1-10-4-3-5-13(16(10)18)17(19)11-6-7-14-12(8-11)9-15(21)20(14)2/h3-8,17H,9H2,1-2H3. The van der Waals surface area contributed by atoms with Crippen LogP contribution in [0.2, 0.25) is 5.02 Å². The molecule has 0 saturated carbocycles. The molecule has 2 aromatic rings. The fourth-order valence-corrected chi connectivity index (χ4v) is 3.30. The molecule has 1 unspecified atom stereocenters. The number of hydrogen-bond acceptors (Lipinski definition) is 1. The minimum Gasteiger partial charge on any atom is -0.315 e. The van der Waals surface area contributed by atoms with E-state index >= 15 is 0 Å². The van der Waals surface area contributed by atoms with Crippen LogP contribution in [-0.2, 0) is 11.2 Å². The molecule has 3 rings (SSSR count). The molecular formula is C17H15Cl2NO. The van der Waals surface area contributed by atoms with E-state index in [2.05, 4.69) is 0 Å². The van der Waals surface area contributed by atoms with Crippen LogP contribution < -0.4 is 4.90 Å². The predicted molar refractivity (Wildman–Crippen MR) is 87.4 cm³/mol. The van der Waals surface area contributed by atoms with E-state index in [1.54, 1.807) is 11.9 Å². The molecule has 1 atom stereocenters. The van der Waals surface area contributed by atoms with Crippen LogP contribution >= 0.6 is 23.2 Å². The van der Waals surface area contributed by atoms with Gasteiger partial charge in [0.25, 0.3) is 0 Å². The number of benzene rings is 2. The first kappa shape index (κ1) is 14.4. The molecule has 0 radical (unpaired) electrons. The quantitative estimate of drug-likeness (QED) is 0.746. The van der Waals surface area contributed by atoms with Gasteiger partial charge in [-0.25, -0.2) is 0 Å². The van der Waals surface area contributed by atoms with E-state index in [-0.39, 0.29) is 11.3 Å². The number of anilines is 1. The van der Waals surface area contributed by atoms with Crippen molar-refractivity contribution in [3.05, 3.63) is 63.7 Å². The molecule has 2 aromatic carbocycles. The van der Waals surface area contributed by atoms with Crippen LogP contribution in [0.25, 0.3) is 0 Å². The van der Waals surface area contributed by atoms with Crippen molar-refractivity contribution < 1.29 is 4.79 Å². The van der Waals surface area contributed by atoms with Crippen molar-refractivity contribution in [1.82, 2.24) is 0 Å². The predicted octanol–water partition coefficient (Wildman–Crippen LogP) is 4.50. The highest BCUT2D eigenvalue weighted by Crippen LogP contribution is 2.38.